The molecule has 0 bridgehead atoms. The predicted molar refractivity (Wildman–Crippen MR) is 68.5 cm³/mol. The molecule has 0 spiro atoms. The zero-order chi connectivity index (χ0) is 12.7. The highest BCUT2D eigenvalue weighted by Crippen LogP contribution is 2.46. The molecule has 92 valence electrons. The molecule has 0 aromatic heterocycles. The lowest BCUT2D eigenvalue weighted by atomic mass is 9.86. The monoisotopic (exact) mass is 254 g/mol. The maximum atomic E-state index is 6.40. The molecule has 0 N–H and O–H groups in total. The summed E-state index contributed by atoms with van der Waals surface area (Å²) in [5.74, 6) is 0. The third kappa shape index (κ3) is 3.80. The Balaban J connectivity index is 4.89. The Morgan fingerprint density at radius 1 is 0.600 bits per heavy atom. The Morgan fingerprint density at radius 2 is 0.800 bits per heavy atom. The van der Waals surface area contributed by atoms with Gasteiger partial charge in [0.25, 0.3) is 0 Å². The summed E-state index contributed by atoms with van der Waals surface area (Å²) in [6.07, 6.45) is 0. The van der Waals surface area contributed by atoms with E-state index in [1.807, 2.05) is 55.4 Å². The molecular weight excluding hydrogens is 231 g/mol. The van der Waals surface area contributed by atoms with Crippen LogP contribution in [-0.2, 0) is 4.74 Å². The van der Waals surface area contributed by atoms with Gasteiger partial charge in [-0.3, -0.25) is 0 Å². The minimum absolute atomic E-state index is 0.171. The van der Waals surface area contributed by atoms with Gasteiger partial charge in [-0.25, -0.2) is 0 Å². The van der Waals surface area contributed by atoms with Crippen molar-refractivity contribution in [3.63, 3.8) is 0 Å². The molecule has 0 aromatic carbocycles. The molecular formula is C12H24Cl2O. The number of halogens is 2. The zero-order valence-electron chi connectivity index (χ0n) is 11.2. The van der Waals surface area contributed by atoms with E-state index in [2.05, 4.69) is 0 Å². The van der Waals surface area contributed by atoms with Gasteiger partial charge in [-0.15, -0.1) is 0 Å². The van der Waals surface area contributed by atoms with E-state index in [0.29, 0.717) is 0 Å². The molecule has 0 amide bonds. The Labute approximate surface area is 104 Å². The highest BCUT2D eigenvalue weighted by Gasteiger charge is 2.46. The fraction of sp³-hybridized carbons (Fsp3) is 1.00. The van der Waals surface area contributed by atoms with Gasteiger partial charge in [0.15, 0.2) is 0 Å². The Bertz CT molecular complexity index is 195. The summed E-state index contributed by atoms with van der Waals surface area (Å²) in [6, 6.07) is 0. The molecule has 0 heterocycles. The first-order chi connectivity index (χ1) is 6.21. The number of alkyl halides is 2. The summed E-state index contributed by atoms with van der Waals surface area (Å²) in [7, 11) is 0. The van der Waals surface area contributed by atoms with Gasteiger partial charge in [-0.05, 0) is 13.8 Å². The van der Waals surface area contributed by atoms with Crippen molar-refractivity contribution in [3.8, 4) is 0 Å². The van der Waals surface area contributed by atoms with Gasteiger partial charge < -0.3 is 4.74 Å². The lowest BCUT2D eigenvalue weighted by molar-refractivity contribution is -0.140. The molecule has 2 atom stereocenters. The van der Waals surface area contributed by atoms with Crippen LogP contribution in [-0.4, -0.2) is 10.1 Å². The molecule has 0 saturated carbocycles. The smallest absolute Gasteiger partial charge is 0.146 e. The average molecular weight is 255 g/mol. The number of rotatable bonds is 2. The van der Waals surface area contributed by atoms with Crippen molar-refractivity contribution in [1.29, 1.82) is 0 Å². The summed E-state index contributed by atoms with van der Waals surface area (Å²) in [5.41, 5.74) is -0.341. The summed E-state index contributed by atoms with van der Waals surface area (Å²) < 4.78 is 5.89. The zero-order valence-corrected chi connectivity index (χ0v) is 12.7. The molecule has 1 nitrogen and oxygen atoms in total. The van der Waals surface area contributed by atoms with Gasteiger partial charge in [0.1, 0.15) is 10.1 Å². The fourth-order valence-electron chi connectivity index (χ4n) is 0.666. The van der Waals surface area contributed by atoms with Crippen LogP contribution in [0.1, 0.15) is 55.4 Å². The largest absolute Gasteiger partial charge is 0.338 e. The van der Waals surface area contributed by atoms with Crippen LogP contribution in [0.25, 0.3) is 0 Å². The molecule has 0 aliphatic heterocycles. The second kappa shape index (κ2) is 4.09. The topological polar surface area (TPSA) is 9.23 Å². The summed E-state index contributed by atoms with van der Waals surface area (Å²) in [4.78, 5) is 0. The van der Waals surface area contributed by atoms with Gasteiger partial charge in [-0.1, -0.05) is 64.7 Å². The third-order valence-electron chi connectivity index (χ3n) is 3.06. The Kier molecular flexibility index (Phi) is 4.23. The minimum Gasteiger partial charge on any atom is -0.338 e. The minimum atomic E-state index is -0.781. The van der Waals surface area contributed by atoms with Crippen molar-refractivity contribution in [3.05, 3.63) is 0 Å². The second-order valence-electron chi connectivity index (χ2n) is 6.44. The van der Waals surface area contributed by atoms with E-state index in [9.17, 15) is 0 Å². The lowest BCUT2D eigenvalue weighted by Gasteiger charge is -2.46. The van der Waals surface area contributed by atoms with E-state index < -0.39 is 10.1 Å². The van der Waals surface area contributed by atoms with E-state index in [0.717, 1.165) is 0 Å². The van der Waals surface area contributed by atoms with Crippen molar-refractivity contribution in [1.82, 2.24) is 0 Å². The number of ether oxygens (including phenoxy) is 1. The highest BCUT2D eigenvalue weighted by molar-refractivity contribution is 6.25. The first-order valence-electron chi connectivity index (χ1n) is 5.29. The third-order valence-corrected chi connectivity index (χ3v) is 4.35. The molecule has 2 unspecified atom stereocenters. The van der Waals surface area contributed by atoms with E-state index in [-0.39, 0.29) is 10.8 Å². The van der Waals surface area contributed by atoms with Crippen LogP contribution >= 0.6 is 23.2 Å². The van der Waals surface area contributed by atoms with Crippen molar-refractivity contribution >= 4 is 23.2 Å². The quantitative estimate of drug-likeness (QED) is 0.630. The van der Waals surface area contributed by atoms with Gasteiger partial charge in [0.05, 0.1) is 0 Å². The number of hydrogen-bond acceptors (Lipinski definition) is 1. The Morgan fingerprint density at radius 3 is 0.933 bits per heavy atom. The van der Waals surface area contributed by atoms with Crippen molar-refractivity contribution in [2.75, 3.05) is 0 Å². The molecule has 15 heavy (non-hydrogen) atoms. The van der Waals surface area contributed by atoms with E-state index in [4.69, 9.17) is 27.9 Å². The summed E-state index contributed by atoms with van der Waals surface area (Å²) >= 11 is 12.8. The van der Waals surface area contributed by atoms with Crippen molar-refractivity contribution in [2.45, 2.75) is 65.5 Å². The van der Waals surface area contributed by atoms with Crippen LogP contribution in [0.4, 0.5) is 0 Å². The molecule has 0 saturated heterocycles. The van der Waals surface area contributed by atoms with Gasteiger partial charge in [0.2, 0.25) is 0 Å². The van der Waals surface area contributed by atoms with Crippen LogP contribution < -0.4 is 0 Å². The molecule has 3 heteroatoms. The normalized spacial score (nSPS) is 22.0. The van der Waals surface area contributed by atoms with Crippen LogP contribution in [0.5, 0.6) is 0 Å². The fourth-order valence-corrected chi connectivity index (χ4v) is 1.01. The van der Waals surface area contributed by atoms with Crippen molar-refractivity contribution in [2.24, 2.45) is 10.8 Å². The van der Waals surface area contributed by atoms with Gasteiger partial charge in [-0.2, -0.15) is 0 Å². The maximum Gasteiger partial charge on any atom is 0.146 e. The second-order valence-corrected chi connectivity index (χ2v) is 7.88. The molecule has 0 rings (SSSR count). The first kappa shape index (κ1) is 15.5. The van der Waals surface area contributed by atoms with E-state index in [1.165, 1.54) is 0 Å². The standard InChI is InChI=1S/C12H24Cl2O/c1-9(2,3)11(7,13)15-12(8,14)10(4,5)6/h1-8H3. The molecule has 0 aromatic rings. The summed E-state index contributed by atoms with van der Waals surface area (Å²) in [6.45, 7) is 15.9. The van der Waals surface area contributed by atoms with E-state index >= 15 is 0 Å². The Hall–Kier alpha value is 0.540. The van der Waals surface area contributed by atoms with E-state index in [1.54, 1.807) is 0 Å². The van der Waals surface area contributed by atoms with Crippen LogP contribution in [0.15, 0.2) is 0 Å². The number of hydrogen-bond donors (Lipinski definition) is 0. The van der Waals surface area contributed by atoms with Gasteiger partial charge in [0, 0.05) is 10.8 Å². The first-order valence-corrected chi connectivity index (χ1v) is 6.04. The SMILES string of the molecule is CC(C)(C)C(C)(Cl)OC(C)(Cl)C(C)(C)C. The van der Waals surface area contributed by atoms with Crippen molar-refractivity contribution < 1.29 is 4.74 Å². The maximum absolute atomic E-state index is 6.40. The molecule has 0 radical (unpaired) electrons. The summed E-state index contributed by atoms with van der Waals surface area (Å²) in [5, 5.41) is -1.56. The highest BCUT2D eigenvalue weighted by atomic mass is 35.5. The molecule has 0 aliphatic rings. The predicted octanol–water partition coefficient (Wildman–Crippen LogP) is 5.01. The van der Waals surface area contributed by atoms with Crippen LogP contribution in [0.3, 0.4) is 0 Å². The average Bonchev–Trinajstić information content (AvgIpc) is 1.77. The lowest BCUT2D eigenvalue weighted by Crippen LogP contribution is -2.48. The van der Waals surface area contributed by atoms with Gasteiger partial charge >= 0.3 is 0 Å². The van der Waals surface area contributed by atoms with Crippen LogP contribution in [0, 0.1) is 10.8 Å². The molecule has 0 aliphatic carbocycles. The van der Waals surface area contributed by atoms with Crippen LogP contribution in [0.2, 0.25) is 0 Å². The molecule has 0 fully saturated rings.